The summed E-state index contributed by atoms with van der Waals surface area (Å²) in [5, 5.41) is 0. The topological polar surface area (TPSA) is 35.5 Å². The van der Waals surface area contributed by atoms with Crippen molar-refractivity contribution in [1.29, 1.82) is 0 Å². The van der Waals surface area contributed by atoms with Gasteiger partial charge in [0, 0.05) is 12.2 Å². The van der Waals surface area contributed by atoms with Crippen molar-refractivity contribution in [3.8, 4) is 0 Å². The Labute approximate surface area is 151 Å². The normalized spacial score (nSPS) is 11.5. The molecule has 0 aliphatic carbocycles. The van der Waals surface area contributed by atoms with Gasteiger partial charge in [-0.05, 0) is 37.9 Å². The SMILES string of the molecule is C=C(C)C(=O)OCCCCO[Si](CCCC)(CCCC)CCCC. The number of ether oxygens (including phenoxy) is 1. The van der Waals surface area contributed by atoms with E-state index in [-0.39, 0.29) is 5.97 Å². The minimum atomic E-state index is -1.58. The molecule has 0 radical (unpaired) electrons. The minimum absolute atomic E-state index is 0.284. The summed E-state index contributed by atoms with van der Waals surface area (Å²) in [6.45, 7) is 13.4. The van der Waals surface area contributed by atoms with E-state index in [1.54, 1.807) is 6.92 Å². The fraction of sp³-hybridized carbons (Fsp3) is 0.850. The molecule has 0 aromatic heterocycles. The standard InChI is InChI=1S/C20H40O3Si/c1-6-9-16-24(17-10-7-2,18-11-8-3)23-15-13-12-14-22-20(21)19(4)5/h4,6-18H2,1-3,5H3. The smallest absolute Gasteiger partial charge is 0.333 e. The maximum atomic E-state index is 11.3. The van der Waals surface area contributed by atoms with Crippen LogP contribution in [0.4, 0.5) is 0 Å². The Morgan fingerprint density at radius 2 is 1.29 bits per heavy atom. The molecule has 0 heterocycles. The summed E-state index contributed by atoms with van der Waals surface area (Å²) in [7, 11) is -1.58. The predicted octanol–water partition coefficient (Wildman–Crippen LogP) is 6.25. The molecule has 0 atom stereocenters. The molecule has 0 aliphatic rings. The van der Waals surface area contributed by atoms with Crippen LogP contribution in [0.3, 0.4) is 0 Å². The third-order valence-corrected chi connectivity index (χ3v) is 9.10. The summed E-state index contributed by atoms with van der Waals surface area (Å²) >= 11 is 0. The second-order valence-corrected chi connectivity index (χ2v) is 11.1. The maximum Gasteiger partial charge on any atom is 0.333 e. The monoisotopic (exact) mass is 356 g/mol. The van der Waals surface area contributed by atoms with Gasteiger partial charge in [0.25, 0.3) is 0 Å². The summed E-state index contributed by atoms with van der Waals surface area (Å²) in [6.07, 6.45) is 9.52. The van der Waals surface area contributed by atoms with Gasteiger partial charge in [-0.15, -0.1) is 0 Å². The van der Waals surface area contributed by atoms with Crippen LogP contribution >= 0.6 is 0 Å². The molecule has 0 aliphatic heterocycles. The number of unbranched alkanes of at least 4 members (excludes halogenated alkanes) is 4. The lowest BCUT2D eigenvalue weighted by atomic mass is 10.3. The van der Waals surface area contributed by atoms with E-state index in [4.69, 9.17) is 9.16 Å². The van der Waals surface area contributed by atoms with Crippen molar-refractivity contribution in [2.24, 2.45) is 0 Å². The first-order valence-corrected chi connectivity index (χ1v) is 12.5. The zero-order chi connectivity index (χ0) is 18.3. The Morgan fingerprint density at radius 1 is 0.833 bits per heavy atom. The second kappa shape index (κ2) is 14.7. The van der Waals surface area contributed by atoms with Crippen LogP contribution in [0.25, 0.3) is 0 Å². The molecule has 0 aromatic rings. The van der Waals surface area contributed by atoms with Gasteiger partial charge in [0.2, 0.25) is 0 Å². The highest BCUT2D eigenvalue weighted by molar-refractivity contribution is 6.73. The van der Waals surface area contributed by atoms with Crippen molar-refractivity contribution in [2.75, 3.05) is 13.2 Å². The zero-order valence-corrected chi connectivity index (χ0v) is 17.6. The van der Waals surface area contributed by atoms with E-state index >= 15 is 0 Å². The maximum absolute atomic E-state index is 11.3. The average molecular weight is 357 g/mol. The molecule has 0 aromatic carbocycles. The molecule has 24 heavy (non-hydrogen) atoms. The van der Waals surface area contributed by atoms with Gasteiger partial charge in [0.05, 0.1) is 6.61 Å². The number of rotatable bonds is 16. The lowest BCUT2D eigenvalue weighted by Crippen LogP contribution is -2.38. The van der Waals surface area contributed by atoms with Crippen LogP contribution < -0.4 is 0 Å². The van der Waals surface area contributed by atoms with E-state index in [0.717, 1.165) is 19.4 Å². The van der Waals surface area contributed by atoms with E-state index in [2.05, 4.69) is 27.4 Å². The lowest BCUT2D eigenvalue weighted by Gasteiger charge is -2.32. The Bertz CT molecular complexity index is 320. The first kappa shape index (κ1) is 23.4. The molecule has 0 rings (SSSR count). The highest BCUT2D eigenvalue weighted by Gasteiger charge is 2.32. The first-order chi connectivity index (χ1) is 11.5. The van der Waals surface area contributed by atoms with Gasteiger partial charge in [-0.1, -0.05) is 65.9 Å². The highest BCUT2D eigenvalue weighted by atomic mass is 28.4. The van der Waals surface area contributed by atoms with Gasteiger partial charge in [-0.25, -0.2) is 4.79 Å². The molecule has 0 saturated carbocycles. The van der Waals surface area contributed by atoms with E-state index in [1.165, 1.54) is 56.7 Å². The van der Waals surface area contributed by atoms with Crippen LogP contribution in [0.2, 0.25) is 18.1 Å². The van der Waals surface area contributed by atoms with Crippen LogP contribution in [0.1, 0.15) is 79.1 Å². The Morgan fingerprint density at radius 3 is 1.71 bits per heavy atom. The molecule has 4 heteroatoms. The average Bonchev–Trinajstić information content (AvgIpc) is 2.58. The molecule has 0 bridgehead atoms. The van der Waals surface area contributed by atoms with E-state index in [9.17, 15) is 4.79 Å². The number of carbonyl (C=O) groups is 1. The number of hydrogen-bond donors (Lipinski definition) is 0. The lowest BCUT2D eigenvalue weighted by molar-refractivity contribution is -0.139. The molecule has 0 unspecified atom stereocenters. The summed E-state index contributed by atoms with van der Waals surface area (Å²) in [5.74, 6) is -0.284. The van der Waals surface area contributed by atoms with Crippen LogP contribution in [-0.2, 0) is 14.0 Å². The summed E-state index contributed by atoms with van der Waals surface area (Å²) < 4.78 is 11.7. The van der Waals surface area contributed by atoms with Gasteiger partial charge in [-0.2, -0.15) is 0 Å². The van der Waals surface area contributed by atoms with Crippen LogP contribution in [0.5, 0.6) is 0 Å². The Balaban J connectivity index is 4.30. The number of hydrogen-bond acceptors (Lipinski definition) is 3. The van der Waals surface area contributed by atoms with Gasteiger partial charge < -0.3 is 9.16 Å². The van der Waals surface area contributed by atoms with Crippen molar-refractivity contribution < 1.29 is 14.0 Å². The molecular formula is C20H40O3Si. The van der Waals surface area contributed by atoms with Crippen molar-refractivity contribution in [3.63, 3.8) is 0 Å². The molecule has 0 amide bonds. The van der Waals surface area contributed by atoms with Gasteiger partial charge in [0.15, 0.2) is 8.32 Å². The predicted molar refractivity (Wildman–Crippen MR) is 106 cm³/mol. The van der Waals surface area contributed by atoms with Gasteiger partial charge >= 0.3 is 5.97 Å². The fourth-order valence-corrected chi connectivity index (χ4v) is 7.62. The second-order valence-electron chi connectivity index (χ2n) is 6.97. The fourth-order valence-electron chi connectivity index (χ4n) is 2.87. The summed E-state index contributed by atoms with van der Waals surface area (Å²) in [6, 6.07) is 3.94. The van der Waals surface area contributed by atoms with Gasteiger partial charge in [-0.3, -0.25) is 0 Å². The molecule has 142 valence electrons. The van der Waals surface area contributed by atoms with E-state index in [1.807, 2.05) is 0 Å². The van der Waals surface area contributed by atoms with Crippen molar-refractivity contribution in [2.45, 2.75) is 97.2 Å². The van der Waals surface area contributed by atoms with Crippen molar-refractivity contribution in [1.82, 2.24) is 0 Å². The highest BCUT2D eigenvalue weighted by Crippen LogP contribution is 2.29. The first-order valence-electron chi connectivity index (χ1n) is 9.98. The molecule has 0 saturated heterocycles. The largest absolute Gasteiger partial charge is 0.462 e. The molecular weight excluding hydrogens is 316 g/mol. The molecule has 0 fully saturated rings. The Kier molecular flexibility index (Phi) is 14.3. The van der Waals surface area contributed by atoms with Crippen LogP contribution in [0.15, 0.2) is 12.2 Å². The zero-order valence-electron chi connectivity index (χ0n) is 16.6. The molecule has 0 spiro atoms. The van der Waals surface area contributed by atoms with Gasteiger partial charge in [0.1, 0.15) is 0 Å². The summed E-state index contributed by atoms with van der Waals surface area (Å²) in [5.41, 5.74) is 0.469. The number of esters is 1. The van der Waals surface area contributed by atoms with Crippen molar-refractivity contribution >= 4 is 14.3 Å². The third-order valence-electron chi connectivity index (χ3n) is 4.49. The Hall–Kier alpha value is -0.613. The molecule has 3 nitrogen and oxygen atoms in total. The number of carbonyl (C=O) groups excluding carboxylic acids is 1. The quantitative estimate of drug-likeness (QED) is 0.142. The third kappa shape index (κ3) is 11.0. The van der Waals surface area contributed by atoms with Crippen LogP contribution in [0, 0.1) is 0 Å². The molecule has 0 N–H and O–H groups in total. The van der Waals surface area contributed by atoms with E-state index < -0.39 is 8.32 Å². The minimum Gasteiger partial charge on any atom is -0.462 e. The van der Waals surface area contributed by atoms with Crippen molar-refractivity contribution in [3.05, 3.63) is 12.2 Å². The van der Waals surface area contributed by atoms with E-state index in [0.29, 0.717) is 12.2 Å². The summed E-state index contributed by atoms with van der Waals surface area (Å²) in [4.78, 5) is 11.3. The van der Waals surface area contributed by atoms with Crippen LogP contribution in [-0.4, -0.2) is 27.5 Å².